The summed E-state index contributed by atoms with van der Waals surface area (Å²) >= 11 is 6.00. The fourth-order valence-corrected chi connectivity index (χ4v) is 4.28. The van der Waals surface area contributed by atoms with Crippen LogP contribution < -0.4 is 15.4 Å². The summed E-state index contributed by atoms with van der Waals surface area (Å²) in [6, 6.07) is 14.2. The number of amides is 1. The molecule has 1 amide bonds. The Balaban J connectivity index is 1.59. The number of esters is 1. The van der Waals surface area contributed by atoms with Gasteiger partial charge in [0, 0.05) is 11.6 Å². The van der Waals surface area contributed by atoms with Crippen molar-refractivity contribution < 1.29 is 19.1 Å². The third-order valence-electron chi connectivity index (χ3n) is 5.95. The largest absolute Gasteiger partial charge is 0.492 e. The number of carbonyl (C=O) groups is 2. The summed E-state index contributed by atoms with van der Waals surface area (Å²) in [5, 5.41) is 7.27. The van der Waals surface area contributed by atoms with Crippen molar-refractivity contribution in [3.05, 3.63) is 64.7 Å². The van der Waals surface area contributed by atoms with Crippen LogP contribution in [0.1, 0.15) is 61.0 Å². The van der Waals surface area contributed by atoms with Crippen molar-refractivity contribution >= 4 is 23.5 Å². The molecule has 2 N–H and O–H groups in total. The third-order valence-corrected chi connectivity index (χ3v) is 6.19. The summed E-state index contributed by atoms with van der Waals surface area (Å²) in [6.07, 6.45) is 4.75. The Kier molecular flexibility index (Phi) is 8.53. The lowest BCUT2D eigenvalue weighted by molar-refractivity contribution is -0.129. The predicted molar refractivity (Wildman–Crippen MR) is 125 cm³/mol. The molecule has 0 radical (unpaired) electrons. The first-order valence-electron chi connectivity index (χ1n) is 11.1. The molecule has 2 aromatic rings. The van der Waals surface area contributed by atoms with Crippen molar-refractivity contribution in [1.82, 2.24) is 10.6 Å². The van der Waals surface area contributed by atoms with Gasteiger partial charge in [-0.2, -0.15) is 0 Å². The van der Waals surface area contributed by atoms with Gasteiger partial charge in [0.05, 0.1) is 24.3 Å². The number of ether oxygens (including phenoxy) is 2. The zero-order valence-electron chi connectivity index (χ0n) is 18.7. The van der Waals surface area contributed by atoms with E-state index < -0.39 is 5.54 Å². The highest BCUT2D eigenvalue weighted by Crippen LogP contribution is 2.29. The van der Waals surface area contributed by atoms with Gasteiger partial charge >= 0.3 is 5.97 Å². The monoisotopic (exact) mass is 458 g/mol. The van der Waals surface area contributed by atoms with Gasteiger partial charge in [0.2, 0.25) is 5.91 Å². The summed E-state index contributed by atoms with van der Waals surface area (Å²) < 4.78 is 10.5. The van der Waals surface area contributed by atoms with Crippen molar-refractivity contribution in [2.45, 2.75) is 50.6 Å². The molecule has 2 aromatic carbocycles. The van der Waals surface area contributed by atoms with E-state index in [1.807, 2.05) is 31.2 Å². The van der Waals surface area contributed by atoms with Crippen LogP contribution in [0.15, 0.2) is 48.5 Å². The summed E-state index contributed by atoms with van der Waals surface area (Å²) in [6.45, 7) is 2.95. The highest BCUT2D eigenvalue weighted by Gasteiger charge is 2.39. The molecule has 3 rings (SSSR count). The van der Waals surface area contributed by atoms with Crippen molar-refractivity contribution in [1.29, 1.82) is 0 Å². The van der Waals surface area contributed by atoms with Gasteiger partial charge in [0.1, 0.15) is 12.4 Å². The fourth-order valence-electron chi connectivity index (χ4n) is 4.10. The maximum Gasteiger partial charge on any atom is 0.337 e. The third kappa shape index (κ3) is 6.24. The Morgan fingerprint density at radius 3 is 2.47 bits per heavy atom. The average molecular weight is 459 g/mol. The van der Waals surface area contributed by atoms with Crippen LogP contribution in [0.4, 0.5) is 0 Å². The van der Waals surface area contributed by atoms with Crippen LogP contribution in [-0.2, 0) is 9.53 Å². The molecule has 0 saturated heterocycles. The standard InChI is InChI=1S/C25H31ClN2O4/c1-18(19-9-11-20(12-10-19)23(29)31-2)28-24(30)25(13-4-3-5-14-25)27-15-16-32-22-8-6-7-21(26)17-22/h6-12,17-18,27H,3-5,13-16H2,1-2H3,(H,28,30). The molecule has 6 nitrogen and oxygen atoms in total. The van der Waals surface area contributed by atoms with Gasteiger partial charge in [-0.05, 0) is 55.7 Å². The highest BCUT2D eigenvalue weighted by atomic mass is 35.5. The van der Waals surface area contributed by atoms with E-state index in [1.165, 1.54) is 7.11 Å². The molecule has 0 spiro atoms. The second kappa shape index (κ2) is 11.3. The topological polar surface area (TPSA) is 76.7 Å². The van der Waals surface area contributed by atoms with Gasteiger partial charge in [-0.25, -0.2) is 4.79 Å². The Labute approximate surface area is 194 Å². The zero-order valence-corrected chi connectivity index (χ0v) is 19.4. The van der Waals surface area contributed by atoms with Gasteiger partial charge in [-0.15, -0.1) is 0 Å². The number of nitrogens with one attached hydrogen (secondary N) is 2. The molecule has 1 aliphatic carbocycles. The van der Waals surface area contributed by atoms with E-state index >= 15 is 0 Å². The quantitative estimate of drug-likeness (QED) is 0.421. The smallest absolute Gasteiger partial charge is 0.337 e. The summed E-state index contributed by atoms with van der Waals surface area (Å²) in [7, 11) is 1.36. The molecule has 7 heteroatoms. The molecule has 1 aliphatic rings. The van der Waals surface area contributed by atoms with E-state index in [4.69, 9.17) is 21.1 Å². The average Bonchev–Trinajstić information content (AvgIpc) is 2.82. The molecule has 1 saturated carbocycles. The summed E-state index contributed by atoms with van der Waals surface area (Å²) in [5.74, 6) is 0.341. The van der Waals surface area contributed by atoms with Gasteiger partial charge < -0.3 is 14.8 Å². The zero-order chi connectivity index (χ0) is 23.0. The van der Waals surface area contributed by atoms with Crippen LogP contribution in [-0.4, -0.2) is 37.7 Å². The lowest BCUT2D eigenvalue weighted by atomic mass is 9.80. The molecule has 0 aliphatic heterocycles. The summed E-state index contributed by atoms with van der Waals surface area (Å²) in [4.78, 5) is 25.0. The van der Waals surface area contributed by atoms with Gasteiger partial charge in [-0.3, -0.25) is 10.1 Å². The molecular weight excluding hydrogens is 428 g/mol. The molecular formula is C25H31ClN2O4. The molecule has 32 heavy (non-hydrogen) atoms. The SMILES string of the molecule is COC(=O)c1ccc(C(C)NC(=O)C2(NCCOc3cccc(Cl)c3)CCCCC2)cc1. The van der Waals surface area contributed by atoms with Crippen molar-refractivity contribution in [3.63, 3.8) is 0 Å². The number of carbonyl (C=O) groups excluding carboxylic acids is 2. The Morgan fingerprint density at radius 1 is 1.09 bits per heavy atom. The van der Waals surface area contributed by atoms with E-state index in [0.29, 0.717) is 29.5 Å². The first-order valence-corrected chi connectivity index (χ1v) is 11.4. The molecule has 172 valence electrons. The Morgan fingerprint density at radius 2 is 1.81 bits per heavy atom. The number of hydrogen-bond acceptors (Lipinski definition) is 5. The number of hydrogen-bond donors (Lipinski definition) is 2. The van der Waals surface area contributed by atoms with E-state index in [2.05, 4.69) is 10.6 Å². The van der Waals surface area contributed by atoms with Crippen LogP contribution in [0.3, 0.4) is 0 Å². The van der Waals surface area contributed by atoms with Crippen molar-refractivity contribution in [2.24, 2.45) is 0 Å². The van der Waals surface area contributed by atoms with Crippen LogP contribution in [0, 0.1) is 0 Å². The van der Waals surface area contributed by atoms with Crippen LogP contribution in [0.5, 0.6) is 5.75 Å². The lowest BCUT2D eigenvalue weighted by Crippen LogP contribution is -2.59. The molecule has 1 fully saturated rings. The van der Waals surface area contributed by atoms with Crippen LogP contribution in [0.2, 0.25) is 5.02 Å². The van der Waals surface area contributed by atoms with Crippen molar-refractivity contribution in [2.75, 3.05) is 20.3 Å². The van der Waals surface area contributed by atoms with Crippen LogP contribution in [0.25, 0.3) is 0 Å². The maximum absolute atomic E-state index is 13.3. The first kappa shape index (κ1) is 24.1. The van der Waals surface area contributed by atoms with E-state index in [0.717, 1.165) is 37.7 Å². The Hall–Kier alpha value is -2.57. The molecule has 1 atom stereocenters. The minimum absolute atomic E-state index is 0.00417. The van der Waals surface area contributed by atoms with E-state index in [1.54, 1.807) is 24.3 Å². The number of benzene rings is 2. The Bertz CT molecular complexity index is 910. The minimum Gasteiger partial charge on any atom is -0.492 e. The number of rotatable bonds is 9. The first-order chi connectivity index (χ1) is 15.4. The molecule has 0 bridgehead atoms. The van der Waals surface area contributed by atoms with Gasteiger partial charge in [0.25, 0.3) is 0 Å². The number of methoxy groups -OCH3 is 1. The minimum atomic E-state index is -0.601. The van der Waals surface area contributed by atoms with Gasteiger partial charge in [0.15, 0.2) is 0 Å². The fraction of sp³-hybridized carbons (Fsp3) is 0.440. The molecule has 0 aromatic heterocycles. The van der Waals surface area contributed by atoms with E-state index in [9.17, 15) is 9.59 Å². The van der Waals surface area contributed by atoms with Crippen LogP contribution >= 0.6 is 11.6 Å². The maximum atomic E-state index is 13.3. The summed E-state index contributed by atoms with van der Waals surface area (Å²) in [5.41, 5.74) is 0.817. The van der Waals surface area contributed by atoms with Gasteiger partial charge in [-0.1, -0.05) is 49.1 Å². The lowest BCUT2D eigenvalue weighted by Gasteiger charge is -2.37. The molecule has 1 unspecified atom stereocenters. The predicted octanol–water partition coefficient (Wildman–Crippen LogP) is 4.68. The second-order valence-electron chi connectivity index (χ2n) is 8.18. The van der Waals surface area contributed by atoms with E-state index in [-0.39, 0.29) is 17.9 Å². The molecule has 0 heterocycles. The second-order valence-corrected chi connectivity index (χ2v) is 8.62. The number of halogens is 1. The normalized spacial score (nSPS) is 16.1. The highest BCUT2D eigenvalue weighted by molar-refractivity contribution is 6.30. The van der Waals surface area contributed by atoms with Crippen molar-refractivity contribution in [3.8, 4) is 5.75 Å².